The summed E-state index contributed by atoms with van der Waals surface area (Å²) < 4.78 is 28.9. The van der Waals surface area contributed by atoms with E-state index in [9.17, 15) is 13.6 Å². The first-order valence-corrected chi connectivity index (χ1v) is 11.4. The second-order valence-electron chi connectivity index (χ2n) is 7.69. The number of halogens is 2. The highest BCUT2D eigenvalue weighted by Crippen LogP contribution is 2.32. The Morgan fingerprint density at radius 2 is 1.91 bits per heavy atom. The fourth-order valence-corrected chi connectivity index (χ4v) is 4.45. The molecule has 0 aliphatic heterocycles. The summed E-state index contributed by atoms with van der Waals surface area (Å²) in [6, 6.07) is 18.8. The summed E-state index contributed by atoms with van der Waals surface area (Å²) in [5.41, 5.74) is 3.71. The third-order valence-electron chi connectivity index (χ3n) is 5.26. The van der Waals surface area contributed by atoms with Crippen molar-refractivity contribution in [2.24, 2.45) is 0 Å². The Morgan fingerprint density at radius 3 is 2.74 bits per heavy atom. The maximum Gasteiger partial charge on any atom is 0.234 e. The van der Waals surface area contributed by atoms with Crippen LogP contribution in [0, 0.1) is 18.6 Å². The maximum atomic E-state index is 13.9. The van der Waals surface area contributed by atoms with E-state index in [-0.39, 0.29) is 11.4 Å². The summed E-state index contributed by atoms with van der Waals surface area (Å²) in [6.45, 7) is 2.00. The van der Waals surface area contributed by atoms with E-state index < -0.39 is 17.5 Å². The van der Waals surface area contributed by atoms with Gasteiger partial charge in [-0.2, -0.15) is 0 Å². The van der Waals surface area contributed by atoms with Crippen molar-refractivity contribution in [1.29, 1.82) is 0 Å². The van der Waals surface area contributed by atoms with Gasteiger partial charge in [0.15, 0.2) is 11.0 Å². The van der Waals surface area contributed by atoms with E-state index in [1.54, 1.807) is 0 Å². The molecule has 170 valence electrons. The highest BCUT2D eigenvalue weighted by atomic mass is 32.2. The second-order valence-corrected chi connectivity index (χ2v) is 8.63. The molecule has 5 aromatic rings. The van der Waals surface area contributed by atoms with E-state index in [0.717, 1.165) is 39.8 Å². The molecule has 9 heteroatoms. The first-order valence-electron chi connectivity index (χ1n) is 10.5. The fraction of sp³-hybridized carbons (Fsp3) is 0.0800. The molecule has 0 unspecified atom stereocenters. The number of aromatic amines is 1. The number of H-pyrrole nitrogens is 1. The zero-order valence-corrected chi connectivity index (χ0v) is 18.9. The van der Waals surface area contributed by atoms with Crippen molar-refractivity contribution in [3.05, 3.63) is 90.1 Å². The lowest BCUT2D eigenvalue weighted by molar-refractivity contribution is -0.113. The number of hydrogen-bond acceptors (Lipinski definition) is 4. The first kappa shape index (κ1) is 21.8. The third-order valence-corrected chi connectivity index (χ3v) is 6.19. The van der Waals surface area contributed by atoms with E-state index >= 15 is 0 Å². The number of thioether (sulfide) groups is 1. The molecule has 6 nitrogen and oxygen atoms in total. The maximum absolute atomic E-state index is 13.9. The van der Waals surface area contributed by atoms with Crippen LogP contribution in [0.4, 0.5) is 14.5 Å². The van der Waals surface area contributed by atoms with E-state index in [1.807, 2.05) is 66.2 Å². The number of rotatable bonds is 6. The number of anilines is 1. The summed E-state index contributed by atoms with van der Waals surface area (Å²) in [6.07, 6.45) is 1.89. The molecule has 0 spiro atoms. The molecule has 0 aliphatic carbocycles. The predicted molar refractivity (Wildman–Crippen MR) is 129 cm³/mol. The monoisotopic (exact) mass is 475 g/mol. The number of carbonyl (C=O) groups is 1. The van der Waals surface area contributed by atoms with E-state index in [4.69, 9.17) is 0 Å². The molecule has 34 heavy (non-hydrogen) atoms. The zero-order valence-electron chi connectivity index (χ0n) is 18.0. The van der Waals surface area contributed by atoms with E-state index in [1.165, 1.54) is 17.8 Å². The van der Waals surface area contributed by atoms with Crippen molar-refractivity contribution in [3.63, 3.8) is 0 Å². The molecule has 0 bridgehead atoms. The van der Waals surface area contributed by atoms with Gasteiger partial charge in [-0.1, -0.05) is 42.1 Å². The number of nitrogens with zero attached hydrogens (tertiary/aromatic N) is 3. The molecule has 0 fully saturated rings. The van der Waals surface area contributed by atoms with Crippen molar-refractivity contribution >= 4 is 34.3 Å². The number of benzene rings is 3. The number of nitrogens with one attached hydrogen (secondary N) is 2. The Kier molecular flexibility index (Phi) is 5.85. The number of fused-ring (bicyclic) bond motifs is 1. The second kappa shape index (κ2) is 9.11. The van der Waals surface area contributed by atoms with Gasteiger partial charge in [-0.25, -0.2) is 8.78 Å². The van der Waals surface area contributed by atoms with Crippen LogP contribution in [0.1, 0.15) is 5.56 Å². The first-order chi connectivity index (χ1) is 16.5. The van der Waals surface area contributed by atoms with Crippen LogP contribution in [-0.4, -0.2) is 31.4 Å². The quantitative estimate of drug-likeness (QED) is 0.308. The normalized spacial score (nSPS) is 11.1. The summed E-state index contributed by atoms with van der Waals surface area (Å²) in [4.78, 5) is 15.7. The largest absolute Gasteiger partial charge is 0.360 e. The molecule has 0 saturated heterocycles. The Hall–Kier alpha value is -3.98. The molecule has 2 aromatic heterocycles. The van der Waals surface area contributed by atoms with Gasteiger partial charge in [0.25, 0.3) is 0 Å². The summed E-state index contributed by atoms with van der Waals surface area (Å²) in [5, 5.41) is 12.8. The van der Waals surface area contributed by atoms with Crippen LogP contribution in [-0.2, 0) is 4.79 Å². The Bertz CT molecular complexity index is 1510. The molecule has 0 aliphatic rings. The van der Waals surface area contributed by atoms with Crippen LogP contribution in [0.25, 0.3) is 28.0 Å². The number of carbonyl (C=O) groups excluding carboxylic acids is 1. The van der Waals surface area contributed by atoms with Crippen molar-refractivity contribution in [2.45, 2.75) is 12.1 Å². The minimum Gasteiger partial charge on any atom is -0.360 e. The number of hydrogen-bond donors (Lipinski definition) is 2. The molecule has 1 amide bonds. The van der Waals surface area contributed by atoms with Gasteiger partial charge in [0.2, 0.25) is 5.91 Å². The standard InChI is InChI=1S/C25H19F2N5OS/c1-15-5-4-6-17(11-15)32-24(19-13-28-21-8-3-2-7-18(19)21)30-31-25(32)34-14-23(33)29-22-10-9-16(26)12-20(22)27/h2-13,28H,14H2,1H3,(H,29,33). The molecule has 0 saturated carbocycles. The van der Waals surface area contributed by atoms with Crippen LogP contribution >= 0.6 is 11.8 Å². The zero-order chi connectivity index (χ0) is 23.7. The minimum atomic E-state index is -0.831. The van der Waals surface area contributed by atoms with Gasteiger partial charge in [0.1, 0.15) is 11.6 Å². The number of para-hydroxylation sites is 1. The van der Waals surface area contributed by atoms with E-state index in [2.05, 4.69) is 20.5 Å². The Labute approximate surface area is 198 Å². The minimum absolute atomic E-state index is 0.0331. The highest BCUT2D eigenvalue weighted by Gasteiger charge is 2.20. The smallest absolute Gasteiger partial charge is 0.234 e. The van der Waals surface area contributed by atoms with Crippen molar-refractivity contribution < 1.29 is 13.6 Å². The Balaban J connectivity index is 1.47. The van der Waals surface area contributed by atoms with Crippen molar-refractivity contribution in [3.8, 4) is 17.1 Å². The average Bonchev–Trinajstić information content (AvgIpc) is 3.43. The lowest BCUT2D eigenvalue weighted by atomic mass is 10.1. The van der Waals surface area contributed by atoms with Gasteiger partial charge < -0.3 is 10.3 Å². The van der Waals surface area contributed by atoms with Crippen LogP contribution < -0.4 is 5.32 Å². The number of aromatic nitrogens is 4. The molecule has 2 heterocycles. The van der Waals surface area contributed by atoms with Gasteiger partial charge in [-0.05, 0) is 42.8 Å². The highest BCUT2D eigenvalue weighted by molar-refractivity contribution is 7.99. The molecular weight excluding hydrogens is 456 g/mol. The molecule has 2 N–H and O–H groups in total. The van der Waals surface area contributed by atoms with Gasteiger partial charge in [-0.3, -0.25) is 9.36 Å². The number of aryl methyl sites for hydroxylation is 1. The predicted octanol–water partition coefficient (Wildman–Crippen LogP) is 5.73. The molecule has 0 radical (unpaired) electrons. The third kappa shape index (κ3) is 4.29. The summed E-state index contributed by atoms with van der Waals surface area (Å²) in [7, 11) is 0. The molecule has 3 aromatic carbocycles. The molecule has 0 atom stereocenters. The SMILES string of the molecule is Cc1cccc(-n2c(SCC(=O)Nc3ccc(F)cc3F)nnc2-c2c[nH]c3ccccc23)c1. The van der Waals surface area contributed by atoms with Crippen LogP contribution in [0.2, 0.25) is 0 Å². The van der Waals surface area contributed by atoms with Crippen molar-refractivity contribution in [2.75, 3.05) is 11.1 Å². The lowest BCUT2D eigenvalue weighted by Gasteiger charge is -2.11. The van der Waals surface area contributed by atoms with Crippen molar-refractivity contribution in [1.82, 2.24) is 19.7 Å². The van der Waals surface area contributed by atoms with E-state index in [0.29, 0.717) is 11.0 Å². The Morgan fingerprint density at radius 1 is 1.06 bits per heavy atom. The lowest BCUT2D eigenvalue weighted by Crippen LogP contribution is -2.15. The number of amides is 1. The molecular formula is C25H19F2N5OS. The van der Waals surface area contributed by atoms with Gasteiger partial charge in [-0.15, -0.1) is 10.2 Å². The van der Waals surface area contributed by atoms with Gasteiger partial charge in [0.05, 0.1) is 11.4 Å². The van der Waals surface area contributed by atoms with Crippen LogP contribution in [0.3, 0.4) is 0 Å². The van der Waals surface area contributed by atoms with Gasteiger partial charge >= 0.3 is 0 Å². The molecule has 5 rings (SSSR count). The van der Waals surface area contributed by atoms with Gasteiger partial charge in [0, 0.05) is 34.4 Å². The summed E-state index contributed by atoms with van der Waals surface area (Å²) in [5.74, 6) is -1.38. The fourth-order valence-electron chi connectivity index (χ4n) is 3.70. The van der Waals surface area contributed by atoms with Crippen LogP contribution in [0.5, 0.6) is 0 Å². The summed E-state index contributed by atoms with van der Waals surface area (Å²) >= 11 is 1.18. The average molecular weight is 476 g/mol. The topological polar surface area (TPSA) is 75.6 Å². The van der Waals surface area contributed by atoms with Crippen LogP contribution in [0.15, 0.2) is 78.1 Å².